The summed E-state index contributed by atoms with van der Waals surface area (Å²) in [6, 6.07) is 7.15. The van der Waals surface area contributed by atoms with Gasteiger partial charge in [-0.3, -0.25) is 0 Å². The highest BCUT2D eigenvalue weighted by atomic mass is 14.7. The fraction of sp³-hybridized carbons (Fsp3) is 0.538. The van der Waals surface area contributed by atoms with Crippen molar-refractivity contribution >= 4 is 0 Å². The van der Waals surface area contributed by atoms with Crippen molar-refractivity contribution in [3.8, 4) is 0 Å². The van der Waals surface area contributed by atoms with E-state index in [9.17, 15) is 0 Å². The Morgan fingerprint density at radius 1 is 1.29 bits per heavy atom. The fourth-order valence-electron chi connectivity index (χ4n) is 2.17. The summed E-state index contributed by atoms with van der Waals surface area (Å²) in [5.74, 6) is 1.45. The molecule has 1 saturated carbocycles. The molecule has 0 amide bonds. The highest BCUT2D eigenvalue weighted by Crippen LogP contribution is 2.49. The predicted octanol–water partition coefficient (Wildman–Crippen LogP) is 2.75. The molecule has 1 aliphatic rings. The Labute approximate surface area is 86.3 Å². The van der Waals surface area contributed by atoms with Crippen molar-refractivity contribution in [2.45, 2.75) is 39.2 Å². The summed E-state index contributed by atoms with van der Waals surface area (Å²) in [4.78, 5) is 0. The molecule has 0 aliphatic heterocycles. The van der Waals surface area contributed by atoms with Gasteiger partial charge in [0, 0.05) is 6.04 Å². The number of rotatable bonds is 2. The van der Waals surface area contributed by atoms with Gasteiger partial charge in [-0.1, -0.05) is 18.2 Å². The number of hydrogen-bond acceptors (Lipinski definition) is 1. The Kier molecular flexibility index (Phi) is 2.36. The summed E-state index contributed by atoms with van der Waals surface area (Å²) < 4.78 is 0. The molecule has 2 rings (SSSR count). The van der Waals surface area contributed by atoms with Gasteiger partial charge in [-0.2, -0.15) is 0 Å². The van der Waals surface area contributed by atoms with Crippen molar-refractivity contribution in [3.63, 3.8) is 0 Å². The molecule has 1 aromatic carbocycles. The SMILES string of the molecule is Cc1ccc(C2CC2C(C)N)cc1C. The monoisotopic (exact) mass is 189 g/mol. The Bertz CT molecular complexity index is 341. The van der Waals surface area contributed by atoms with Gasteiger partial charge >= 0.3 is 0 Å². The van der Waals surface area contributed by atoms with E-state index in [4.69, 9.17) is 5.73 Å². The molecule has 0 radical (unpaired) electrons. The van der Waals surface area contributed by atoms with Crippen LogP contribution in [0.3, 0.4) is 0 Å². The molecular weight excluding hydrogens is 170 g/mol. The van der Waals surface area contributed by atoms with Gasteiger partial charge in [0.15, 0.2) is 0 Å². The van der Waals surface area contributed by atoms with Crippen LogP contribution in [0.5, 0.6) is 0 Å². The van der Waals surface area contributed by atoms with Crippen LogP contribution in [0.4, 0.5) is 0 Å². The van der Waals surface area contributed by atoms with E-state index < -0.39 is 0 Å². The zero-order valence-electron chi connectivity index (χ0n) is 9.25. The topological polar surface area (TPSA) is 26.0 Å². The fourth-order valence-corrected chi connectivity index (χ4v) is 2.17. The smallest absolute Gasteiger partial charge is 0.00448 e. The molecule has 3 atom stereocenters. The zero-order chi connectivity index (χ0) is 10.3. The van der Waals surface area contributed by atoms with E-state index in [0.29, 0.717) is 6.04 Å². The van der Waals surface area contributed by atoms with Crippen LogP contribution in [0.1, 0.15) is 36.0 Å². The van der Waals surface area contributed by atoms with Gasteiger partial charge in [-0.15, -0.1) is 0 Å². The van der Waals surface area contributed by atoms with E-state index >= 15 is 0 Å². The Balaban J connectivity index is 2.16. The van der Waals surface area contributed by atoms with Crippen LogP contribution in [0.2, 0.25) is 0 Å². The summed E-state index contributed by atoms with van der Waals surface area (Å²) in [5.41, 5.74) is 10.2. The third-order valence-electron chi connectivity index (χ3n) is 3.47. The number of aryl methyl sites for hydroxylation is 2. The second-order valence-electron chi connectivity index (χ2n) is 4.71. The van der Waals surface area contributed by atoms with Gasteiger partial charge in [0.2, 0.25) is 0 Å². The molecular formula is C13H19N. The van der Waals surface area contributed by atoms with Gasteiger partial charge in [-0.25, -0.2) is 0 Å². The summed E-state index contributed by atoms with van der Waals surface area (Å²) in [6.45, 7) is 6.46. The lowest BCUT2D eigenvalue weighted by molar-refractivity contribution is 0.631. The van der Waals surface area contributed by atoms with Crippen molar-refractivity contribution in [1.29, 1.82) is 0 Å². The summed E-state index contributed by atoms with van der Waals surface area (Å²) in [7, 11) is 0. The summed E-state index contributed by atoms with van der Waals surface area (Å²) >= 11 is 0. The minimum Gasteiger partial charge on any atom is -0.328 e. The molecule has 0 bridgehead atoms. The molecule has 1 heteroatoms. The van der Waals surface area contributed by atoms with Crippen LogP contribution in [-0.2, 0) is 0 Å². The molecule has 0 aromatic heterocycles. The van der Waals surface area contributed by atoms with Crippen molar-refractivity contribution in [1.82, 2.24) is 0 Å². The van der Waals surface area contributed by atoms with E-state index in [-0.39, 0.29) is 0 Å². The van der Waals surface area contributed by atoms with Gasteiger partial charge in [0.05, 0.1) is 0 Å². The second-order valence-corrected chi connectivity index (χ2v) is 4.71. The van der Waals surface area contributed by atoms with Gasteiger partial charge in [-0.05, 0) is 55.7 Å². The molecule has 1 fully saturated rings. The average Bonchev–Trinajstić information content (AvgIpc) is 2.89. The molecule has 1 nitrogen and oxygen atoms in total. The van der Waals surface area contributed by atoms with Gasteiger partial charge in [0.25, 0.3) is 0 Å². The molecule has 76 valence electrons. The van der Waals surface area contributed by atoms with Crippen LogP contribution in [-0.4, -0.2) is 6.04 Å². The predicted molar refractivity (Wildman–Crippen MR) is 60.4 cm³/mol. The number of hydrogen-bond donors (Lipinski definition) is 1. The zero-order valence-corrected chi connectivity index (χ0v) is 9.25. The summed E-state index contributed by atoms with van der Waals surface area (Å²) in [5, 5.41) is 0. The van der Waals surface area contributed by atoms with E-state index in [0.717, 1.165) is 11.8 Å². The molecule has 3 unspecified atom stereocenters. The van der Waals surface area contributed by atoms with Gasteiger partial charge < -0.3 is 5.73 Å². The Hall–Kier alpha value is -0.820. The largest absolute Gasteiger partial charge is 0.328 e. The first kappa shape index (κ1) is 9.72. The maximum atomic E-state index is 5.89. The first-order chi connectivity index (χ1) is 6.59. The van der Waals surface area contributed by atoms with Crippen molar-refractivity contribution in [2.24, 2.45) is 11.7 Å². The van der Waals surface area contributed by atoms with Crippen molar-refractivity contribution in [3.05, 3.63) is 34.9 Å². The standard InChI is InChI=1S/C13H19N/c1-8-4-5-11(6-9(8)2)13-7-12(13)10(3)14/h4-6,10,12-13H,7,14H2,1-3H3. The third kappa shape index (κ3) is 1.69. The van der Waals surface area contributed by atoms with E-state index in [1.54, 1.807) is 0 Å². The molecule has 0 heterocycles. The molecule has 14 heavy (non-hydrogen) atoms. The lowest BCUT2D eigenvalue weighted by Crippen LogP contribution is -2.17. The first-order valence-electron chi connectivity index (χ1n) is 5.42. The number of benzene rings is 1. The normalized spacial score (nSPS) is 27.4. The van der Waals surface area contributed by atoms with Crippen LogP contribution in [0, 0.1) is 19.8 Å². The minimum absolute atomic E-state index is 0.349. The maximum Gasteiger partial charge on any atom is 0.00448 e. The highest BCUT2D eigenvalue weighted by molar-refractivity contribution is 5.35. The maximum absolute atomic E-state index is 5.89. The minimum atomic E-state index is 0.349. The van der Waals surface area contributed by atoms with E-state index in [1.807, 2.05) is 0 Å². The molecule has 0 saturated heterocycles. The number of nitrogens with two attached hydrogens (primary N) is 1. The average molecular weight is 189 g/mol. The van der Waals surface area contributed by atoms with Crippen LogP contribution < -0.4 is 5.73 Å². The Morgan fingerprint density at radius 2 is 2.00 bits per heavy atom. The van der Waals surface area contributed by atoms with Crippen LogP contribution >= 0.6 is 0 Å². The van der Waals surface area contributed by atoms with Gasteiger partial charge in [0.1, 0.15) is 0 Å². The molecule has 2 N–H and O–H groups in total. The lowest BCUT2D eigenvalue weighted by Gasteiger charge is -2.06. The van der Waals surface area contributed by atoms with E-state index in [2.05, 4.69) is 39.0 Å². The first-order valence-corrected chi connectivity index (χ1v) is 5.42. The van der Waals surface area contributed by atoms with E-state index in [1.165, 1.54) is 23.1 Å². The quantitative estimate of drug-likeness (QED) is 0.760. The van der Waals surface area contributed by atoms with Crippen LogP contribution in [0.25, 0.3) is 0 Å². The Morgan fingerprint density at radius 3 is 2.50 bits per heavy atom. The van der Waals surface area contributed by atoms with Crippen LogP contribution in [0.15, 0.2) is 18.2 Å². The highest BCUT2D eigenvalue weighted by Gasteiger charge is 2.40. The summed E-state index contributed by atoms with van der Waals surface area (Å²) in [6.07, 6.45) is 1.28. The molecule has 1 aromatic rings. The van der Waals surface area contributed by atoms with Crippen molar-refractivity contribution in [2.75, 3.05) is 0 Å². The lowest BCUT2D eigenvalue weighted by atomic mass is 10.0. The van der Waals surface area contributed by atoms with Crippen molar-refractivity contribution < 1.29 is 0 Å². The second kappa shape index (κ2) is 3.39. The molecule has 1 aliphatic carbocycles. The molecule has 0 spiro atoms. The third-order valence-corrected chi connectivity index (χ3v) is 3.47.